The molecule has 2 aromatic carbocycles. The summed E-state index contributed by atoms with van der Waals surface area (Å²) in [6, 6.07) is 8.60. The van der Waals surface area contributed by atoms with Crippen molar-refractivity contribution in [3.05, 3.63) is 59.7 Å². The Balaban J connectivity index is 2.17. The summed E-state index contributed by atoms with van der Waals surface area (Å²) in [7, 11) is -3.93. The van der Waals surface area contributed by atoms with Gasteiger partial charge in [-0.2, -0.15) is 0 Å². The van der Waals surface area contributed by atoms with E-state index in [2.05, 4.69) is 5.32 Å². The number of ether oxygens (including phenoxy) is 1. The first-order chi connectivity index (χ1) is 13.1. The van der Waals surface area contributed by atoms with Gasteiger partial charge in [0, 0.05) is 12.6 Å². The lowest BCUT2D eigenvalue weighted by atomic mass is 10.2. The van der Waals surface area contributed by atoms with Crippen LogP contribution in [0.3, 0.4) is 0 Å². The smallest absolute Gasteiger partial charge is 0.243 e. The van der Waals surface area contributed by atoms with Crippen molar-refractivity contribution in [1.29, 1.82) is 0 Å². The van der Waals surface area contributed by atoms with Crippen molar-refractivity contribution in [3.63, 3.8) is 0 Å². The monoisotopic (exact) mass is 412 g/mol. The summed E-state index contributed by atoms with van der Waals surface area (Å²) < 4.78 is 57.2. The van der Waals surface area contributed by atoms with E-state index in [0.717, 1.165) is 34.3 Å². The van der Waals surface area contributed by atoms with Gasteiger partial charge in [0.15, 0.2) is 11.6 Å². The molecule has 0 bridgehead atoms. The van der Waals surface area contributed by atoms with Gasteiger partial charge < -0.3 is 10.1 Å². The predicted octanol–water partition coefficient (Wildman–Crippen LogP) is 2.83. The fourth-order valence-corrected chi connectivity index (χ4v) is 3.85. The number of nitrogens with zero attached hydrogens (tertiary/aromatic N) is 1. The minimum absolute atomic E-state index is 0.137. The van der Waals surface area contributed by atoms with E-state index in [9.17, 15) is 22.0 Å². The summed E-state index contributed by atoms with van der Waals surface area (Å²) in [6.45, 7) is 3.88. The van der Waals surface area contributed by atoms with E-state index in [1.54, 1.807) is 24.3 Å². The molecule has 1 atom stereocenters. The van der Waals surface area contributed by atoms with Gasteiger partial charge in [-0.25, -0.2) is 17.2 Å². The summed E-state index contributed by atoms with van der Waals surface area (Å²) in [4.78, 5) is 12.5. The molecule has 0 aromatic heterocycles. The van der Waals surface area contributed by atoms with Crippen LogP contribution in [0, 0.1) is 11.6 Å². The Morgan fingerprint density at radius 1 is 1.18 bits per heavy atom. The zero-order valence-electron chi connectivity index (χ0n) is 15.8. The molecule has 1 unspecified atom stereocenters. The zero-order valence-corrected chi connectivity index (χ0v) is 16.6. The molecule has 0 aliphatic heterocycles. The molecular weight excluding hydrogens is 390 g/mol. The normalized spacial score (nSPS) is 12.3. The van der Waals surface area contributed by atoms with Crippen LogP contribution in [-0.4, -0.2) is 33.2 Å². The third-order valence-electron chi connectivity index (χ3n) is 3.92. The molecule has 0 fully saturated rings. The molecule has 28 heavy (non-hydrogen) atoms. The number of sulfonamides is 1. The van der Waals surface area contributed by atoms with Crippen LogP contribution >= 0.6 is 0 Å². The molecule has 152 valence electrons. The third-order valence-corrected chi connectivity index (χ3v) is 5.16. The molecule has 9 heteroatoms. The largest absolute Gasteiger partial charge is 0.494 e. The molecule has 0 heterocycles. The fourth-order valence-electron chi connectivity index (χ4n) is 2.68. The van der Waals surface area contributed by atoms with E-state index in [4.69, 9.17) is 4.74 Å². The molecule has 0 spiro atoms. The van der Waals surface area contributed by atoms with Crippen LogP contribution in [0.2, 0.25) is 0 Å². The van der Waals surface area contributed by atoms with Crippen molar-refractivity contribution in [2.45, 2.75) is 26.4 Å². The van der Waals surface area contributed by atoms with Crippen molar-refractivity contribution in [2.24, 2.45) is 0 Å². The van der Waals surface area contributed by atoms with E-state index < -0.39 is 33.6 Å². The number of carbonyl (C=O) groups excluding carboxylic acids is 1. The third kappa shape index (κ3) is 5.41. The number of amides is 1. The second-order valence-electron chi connectivity index (χ2n) is 6.13. The summed E-state index contributed by atoms with van der Waals surface area (Å²) in [5, 5.41) is 2.65. The Kier molecular flexibility index (Phi) is 6.95. The van der Waals surface area contributed by atoms with E-state index in [1.807, 2.05) is 6.92 Å². The van der Waals surface area contributed by atoms with Gasteiger partial charge >= 0.3 is 0 Å². The highest BCUT2D eigenvalue weighted by Gasteiger charge is 2.29. The lowest BCUT2D eigenvalue weighted by Gasteiger charge is -2.28. The summed E-state index contributed by atoms with van der Waals surface area (Å²) >= 11 is 0. The van der Waals surface area contributed by atoms with E-state index in [-0.39, 0.29) is 12.2 Å². The van der Waals surface area contributed by atoms with Crippen molar-refractivity contribution in [2.75, 3.05) is 17.2 Å². The van der Waals surface area contributed by atoms with Gasteiger partial charge in [-0.3, -0.25) is 9.10 Å². The number of benzene rings is 2. The lowest BCUT2D eigenvalue weighted by Crippen LogP contribution is -2.47. The highest BCUT2D eigenvalue weighted by Crippen LogP contribution is 2.23. The van der Waals surface area contributed by atoms with Crippen LogP contribution in [0.25, 0.3) is 0 Å². The van der Waals surface area contributed by atoms with Gasteiger partial charge in [0.1, 0.15) is 11.8 Å². The minimum atomic E-state index is -3.93. The summed E-state index contributed by atoms with van der Waals surface area (Å²) in [5.41, 5.74) is 0.632. The Labute approximate surface area is 163 Å². The Morgan fingerprint density at radius 3 is 2.50 bits per heavy atom. The number of halogens is 2. The minimum Gasteiger partial charge on any atom is -0.494 e. The number of rotatable bonds is 8. The molecule has 0 radical (unpaired) electrons. The van der Waals surface area contributed by atoms with Gasteiger partial charge in [-0.05, 0) is 43.7 Å². The first-order valence-electron chi connectivity index (χ1n) is 8.57. The number of anilines is 1. The molecule has 0 aliphatic carbocycles. The number of nitrogens with one attached hydrogen (secondary N) is 1. The molecular formula is C19H22F2N2O4S. The Morgan fingerprint density at radius 2 is 1.89 bits per heavy atom. The Hall–Kier alpha value is -2.68. The van der Waals surface area contributed by atoms with Crippen molar-refractivity contribution in [3.8, 4) is 5.75 Å². The average Bonchev–Trinajstić information content (AvgIpc) is 2.62. The van der Waals surface area contributed by atoms with Crippen molar-refractivity contribution in [1.82, 2.24) is 5.32 Å². The van der Waals surface area contributed by atoms with Gasteiger partial charge in [-0.15, -0.1) is 0 Å². The maximum absolute atomic E-state index is 13.6. The fraction of sp³-hybridized carbons (Fsp3) is 0.316. The highest BCUT2D eigenvalue weighted by molar-refractivity contribution is 7.92. The molecule has 1 amide bonds. The van der Waals surface area contributed by atoms with Crippen LogP contribution in [0.4, 0.5) is 14.5 Å². The van der Waals surface area contributed by atoms with Crippen LogP contribution in [0.5, 0.6) is 5.75 Å². The average molecular weight is 412 g/mol. The van der Waals surface area contributed by atoms with Crippen LogP contribution in [-0.2, 0) is 21.4 Å². The summed E-state index contributed by atoms with van der Waals surface area (Å²) in [6.07, 6.45) is 0.892. The first kappa shape index (κ1) is 21.6. The summed E-state index contributed by atoms with van der Waals surface area (Å²) in [5.74, 6) is -2.24. The number of hydrogen-bond acceptors (Lipinski definition) is 4. The standard InChI is InChI=1S/C19H22F2N2O4S/c1-4-27-16-7-5-6-14(10-16)12-22-19(24)13(2)23(28(3,25)26)15-8-9-17(20)18(21)11-15/h5-11,13H,4,12H2,1-3H3,(H,22,24). The second-order valence-corrected chi connectivity index (χ2v) is 7.99. The molecule has 2 aromatic rings. The lowest BCUT2D eigenvalue weighted by molar-refractivity contribution is -0.122. The highest BCUT2D eigenvalue weighted by atomic mass is 32.2. The van der Waals surface area contributed by atoms with Gasteiger partial charge in [0.2, 0.25) is 15.9 Å². The molecule has 6 nitrogen and oxygen atoms in total. The predicted molar refractivity (Wildman–Crippen MR) is 103 cm³/mol. The zero-order chi connectivity index (χ0) is 20.9. The first-order valence-corrected chi connectivity index (χ1v) is 10.4. The van der Waals surface area contributed by atoms with E-state index >= 15 is 0 Å². The van der Waals surface area contributed by atoms with E-state index in [0.29, 0.717) is 12.4 Å². The maximum Gasteiger partial charge on any atom is 0.243 e. The molecule has 0 aliphatic rings. The number of carbonyl (C=O) groups is 1. The van der Waals surface area contributed by atoms with Gasteiger partial charge in [0.25, 0.3) is 0 Å². The van der Waals surface area contributed by atoms with Crippen LogP contribution in [0.15, 0.2) is 42.5 Å². The quantitative estimate of drug-likeness (QED) is 0.724. The second kappa shape index (κ2) is 9.01. The maximum atomic E-state index is 13.6. The molecule has 1 N–H and O–H groups in total. The van der Waals surface area contributed by atoms with E-state index in [1.165, 1.54) is 6.92 Å². The Bertz CT molecular complexity index is 951. The van der Waals surface area contributed by atoms with Crippen molar-refractivity contribution >= 4 is 21.6 Å². The molecule has 0 saturated heterocycles. The number of hydrogen-bond donors (Lipinski definition) is 1. The molecule has 0 saturated carbocycles. The van der Waals surface area contributed by atoms with Crippen molar-refractivity contribution < 1.29 is 26.7 Å². The van der Waals surface area contributed by atoms with Gasteiger partial charge in [-0.1, -0.05) is 12.1 Å². The van der Waals surface area contributed by atoms with Crippen LogP contribution in [0.1, 0.15) is 19.4 Å². The topological polar surface area (TPSA) is 75.7 Å². The molecule has 2 rings (SSSR count). The SMILES string of the molecule is CCOc1cccc(CNC(=O)C(C)N(c2ccc(F)c(F)c2)S(C)(=O)=O)c1. The van der Waals surface area contributed by atoms with Crippen LogP contribution < -0.4 is 14.4 Å². The van der Waals surface area contributed by atoms with Gasteiger partial charge in [0.05, 0.1) is 18.6 Å².